The predicted octanol–water partition coefficient (Wildman–Crippen LogP) is 1.62. The zero-order valence-corrected chi connectivity index (χ0v) is 8.69. The normalized spacial score (nSPS) is 9.33. The van der Waals surface area contributed by atoms with Gasteiger partial charge in [0.25, 0.3) is 0 Å². The Morgan fingerprint density at radius 3 is 2.93 bits per heavy atom. The van der Waals surface area contributed by atoms with Gasteiger partial charge in [-0.25, -0.2) is 4.98 Å². The lowest BCUT2D eigenvalue weighted by Crippen LogP contribution is -2.02. The van der Waals surface area contributed by atoms with Gasteiger partial charge in [0.2, 0.25) is 5.88 Å². The third-order valence-corrected chi connectivity index (χ3v) is 1.96. The van der Waals surface area contributed by atoms with Crippen LogP contribution in [0.15, 0.2) is 18.3 Å². The van der Waals surface area contributed by atoms with Crippen molar-refractivity contribution >= 4 is 5.78 Å². The molecule has 3 nitrogen and oxygen atoms in total. The minimum atomic E-state index is 0.139. The molecule has 0 unspecified atom stereocenters. The number of carbonyl (C=O) groups is 1. The number of hydrogen-bond acceptors (Lipinski definition) is 3. The highest BCUT2D eigenvalue weighted by molar-refractivity contribution is 5.80. The summed E-state index contributed by atoms with van der Waals surface area (Å²) in [4.78, 5) is 15.4. The van der Waals surface area contributed by atoms with Crippen molar-refractivity contribution in [3.63, 3.8) is 0 Å². The number of nitrogens with zero attached hydrogens (tertiary/aromatic N) is 1. The number of hydrogen-bond donors (Lipinski definition) is 0. The van der Waals surface area contributed by atoms with E-state index in [0.29, 0.717) is 25.1 Å². The standard InChI is InChI=1S/C12H13NO2/c1-3-4-5-11(14)8-10-6-7-12(15-2)13-9-10/h1,6-7,9H,4-5,8H2,2H3. The maximum Gasteiger partial charge on any atom is 0.212 e. The summed E-state index contributed by atoms with van der Waals surface area (Å²) in [6.45, 7) is 0. The topological polar surface area (TPSA) is 39.2 Å². The maximum absolute atomic E-state index is 11.4. The molecule has 0 bridgehead atoms. The summed E-state index contributed by atoms with van der Waals surface area (Å²) >= 11 is 0. The lowest BCUT2D eigenvalue weighted by molar-refractivity contribution is -0.118. The van der Waals surface area contributed by atoms with Crippen LogP contribution in [0.2, 0.25) is 0 Å². The van der Waals surface area contributed by atoms with Crippen molar-refractivity contribution in [1.82, 2.24) is 4.98 Å². The molecule has 0 aliphatic rings. The Balaban J connectivity index is 2.50. The molecule has 0 aliphatic heterocycles. The summed E-state index contributed by atoms with van der Waals surface area (Å²) in [6.07, 6.45) is 8.05. The van der Waals surface area contributed by atoms with E-state index in [0.717, 1.165) is 5.56 Å². The third-order valence-electron chi connectivity index (χ3n) is 1.96. The van der Waals surface area contributed by atoms with Crippen molar-refractivity contribution in [3.8, 4) is 18.2 Å². The van der Waals surface area contributed by atoms with Crippen LogP contribution in [0.1, 0.15) is 18.4 Å². The van der Waals surface area contributed by atoms with Gasteiger partial charge >= 0.3 is 0 Å². The molecule has 1 aromatic heterocycles. The maximum atomic E-state index is 11.4. The lowest BCUT2D eigenvalue weighted by atomic mass is 10.1. The van der Waals surface area contributed by atoms with Gasteiger partial charge in [-0.3, -0.25) is 4.79 Å². The van der Waals surface area contributed by atoms with Crippen LogP contribution < -0.4 is 4.74 Å². The molecular formula is C12H13NO2. The van der Waals surface area contributed by atoms with Gasteiger partial charge in [-0.05, 0) is 5.56 Å². The molecule has 0 aliphatic carbocycles. The molecule has 3 heteroatoms. The predicted molar refractivity (Wildman–Crippen MR) is 57.6 cm³/mol. The molecular weight excluding hydrogens is 190 g/mol. The third kappa shape index (κ3) is 3.82. The van der Waals surface area contributed by atoms with E-state index in [1.54, 1.807) is 19.4 Å². The highest BCUT2D eigenvalue weighted by atomic mass is 16.5. The fourth-order valence-electron chi connectivity index (χ4n) is 1.16. The van der Waals surface area contributed by atoms with Gasteiger partial charge < -0.3 is 4.74 Å². The van der Waals surface area contributed by atoms with Crippen LogP contribution in [-0.4, -0.2) is 17.9 Å². The van der Waals surface area contributed by atoms with Crippen molar-refractivity contribution in [2.24, 2.45) is 0 Å². The van der Waals surface area contributed by atoms with E-state index >= 15 is 0 Å². The largest absolute Gasteiger partial charge is 0.481 e. The van der Waals surface area contributed by atoms with Crippen LogP contribution in [0, 0.1) is 12.3 Å². The summed E-state index contributed by atoms with van der Waals surface area (Å²) in [5, 5.41) is 0. The number of Topliss-reactive ketones (excluding diaryl/α,β-unsaturated/α-hetero) is 1. The number of aromatic nitrogens is 1. The monoisotopic (exact) mass is 203 g/mol. The lowest BCUT2D eigenvalue weighted by Gasteiger charge is -2.01. The van der Waals surface area contributed by atoms with Crippen molar-refractivity contribution in [2.75, 3.05) is 7.11 Å². The second kappa shape index (κ2) is 5.82. The molecule has 0 aromatic carbocycles. The SMILES string of the molecule is C#CCCC(=O)Cc1ccc(OC)nc1. The molecule has 1 aromatic rings. The first kappa shape index (κ1) is 11.3. The van der Waals surface area contributed by atoms with Gasteiger partial charge in [-0.2, -0.15) is 0 Å². The van der Waals surface area contributed by atoms with Crippen LogP contribution >= 0.6 is 0 Å². The highest BCUT2D eigenvalue weighted by Crippen LogP contribution is 2.08. The number of methoxy groups -OCH3 is 1. The van der Waals surface area contributed by atoms with Gasteiger partial charge in [0, 0.05) is 31.5 Å². The first-order valence-electron chi connectivity index (χ1n) is 4.70. The van der Waals surface area contributed by atoms with Gasteiger partial charge in [-0.15, -0.1) is 12.3 Å². The Kier molecular flexibility index (Phi) is 4.36. The van der Waals surface area contributed by atoms with Crippen LogP contribution in [0.3, 0.4) is 0 Å². The summed E-state index contributed by atoms with van der Waals surface area (Å²) in [5.74, 6) is 3.14. The molecule has 0 saturated heterocycles. The van der Waals surface area contributed by atoms with E-state index in [9.17, 15) is 4.79 Å². The number of carbonyl (C=O) groups excluding carboxylic acids is 1. The molecule has 0 atom stereocenters. The Hall–Kier alpha value is -1.82. The smallest absolute Gasteiger partial charge is 0.212 e. The van der Waals surface area contributed by atoms with Crippen molar-refractivity contribution in [3.05, 3.63) is 23.9 Å². The Morgan fingerprint density at radius 1 is 1.60 bits per heavy atom. The molecule has 0 amide bonds. The van der Waals surface area contributed by atoms with Crippen LogP contribution in [0.5, 0.6) is 5.88 Å². The number of ether oxygens (including phenoxy) is 1. The van der Waals surface area contributed by atoms with Crippen LogP contribution in [0.25, 0.3) is 0 Å². The number of rotatable bonds is 5. The Bertz CT molecular complexity index is 362. The fraction of sp³-hybridized carbons (Fsp3) is 0.333. The summed E-state index contributed by atoms with van der Waals surface area (Å²) < 4.78 is 4.92. The Labute approximate surface area is 89.5 Å². The zero-order valence-electron chi connectivity index (χ0n) is 8.69. The Morgan fingerprint density at radius 2 is 2.40 bits per heavy atom. The van der Waals surface area contributed by atoms with Gasteiger partial charge in [0.15, 0.2) is 0 Å². The van der Waals surface area contributed by atoms with Crippen LogP contribution in [-0.2, 0) is 11.2 Å². The fourth-order valence-corrected chi connectivity index (χ4v) is 1.16. The number of ketones is 1. The number of pyridine rings is 1. The quantitative estimate of drug-likeness (QED) is 0.682. The molecule has 78 valence electrons. The van der Waals surface area contributed by atoms with E-state index < -0.39 is 0 Å². The molecule has 0 N–H and O–H groups in total. The van der Waals surface area contributed by atoms with Gasteiger partial charge in [-0.1, -0.05) is 6.07 Å². The first-order valence-corrected chi connectivity index (χ1v) is 4.70. The van der Waals surface area contributed by atoms with E-state index in [1.807, 2.05) is 6.07 Å². The van der Waals surface area contributed by atoms with Crippen molar-refractivity contribution in [1.29, 1.82) is 0 Å². The highest BCUT2D eigenvalue weighted by Gasteiger charge is 2.03. The molecule has 0 saturated carbocycles. The molecule has 0 spiro atoms. The average Bonchev–Trinajstić information content (AvgIpc) is 2.27. The second-order valence-electron chi connectivity index (χ2n) is 3.13. The molecule has 1 rings (SSSR count). The summed E-state index contributed by atoms with van der Waals surface area (Å²) in [5.41, 5.74) is 0.887. The van der Waals surface area contributed by atoms with Crippen LogP contribution in [0.4, 0.5) is 0 Å². The van der Waals surface area contributed by atoms with E-state index in [1.165, 1.54) is 0 Å². The summed E-state index contributed by atoms with van der Waals surface area (Å²) in [7, 11) is 1.56. The van der Waals surface area contributed by atoms with Gasteiger partial charge in [0.05, 0.1) is 7.11 Å². The molecule has 0 radical (unpaired) electrons. The molecule has 15 heavy (non-hydrogen) atoms. The second-order valence-corrected chi connectivity index (χ2v) is 3.13. The minimum Gasteiger partial charge on any atom is -0.481 e. The zero-order chi connectivity index (χ0) is 11.1. The van der Waals surface area contributed by atoms with Crippen molar-refractivity contribution < 1.29 is 9.53 Å². The molecule has 1 heterocycles. The first-order chi connectivity index (χ1) is 7.26. The van der Waals surface area contributed by atoms with E-state index in [2.05, 4.69) is 10.9 Å². The van der Waals surface area contributed by atoms with E-state index in [4.69, 9.17) is 11.2 Å². The van der Waals surface area contributed by atoms with Crippen molar-refractivity contribution in [2.45, 2.75) is 19.3 Å². The van der Waals surface area contributed by atoms with Gasteiger partial charge in [0.1, 0.15) is 5.78 Å². The molecule has 0 fully saturated rings. The number of terminal acetylenes is 1. The average molecular weight is 203 g/mol. The summed E-state index contributed by atoms with van der Waals surface area (Å²) in [6, 6.07) is 3.57. The minimum absolute atomic E-state index is 0.139. The van der Waals surface area contributed by atoms with E-state index in [-0.39, 0.29) is 5.78 Å².